The van der Waals surface area contributed by atoms with Crippen LogP contribution in [0.4, 0.5) is 0 Å². The number of nitrogens with zero attached hydrogens (tertiary/aromatic N) is 6. The standard InChI is InChI=1S/C63H40N6O2/c1-3-50(69-52-27-15-11-25-47(52)58-54(69)35-33-44-42-23-13-17-29-56(42)71-60(44)58)49(37-64-2)48-36-40(30-31-45(48)63-66-61(38-18-6-4-7-19-38)65-62(67-63)39-20-8-5-9-21-39)68-51-26-14-10-24-46(51)57-53(68)34-32-43-41-22-12-16-28-55(41)70-59(43)57/h3-37H,2H2,1H3/b49-37-,50-3+. The summed E-state index contributed by atoms with van der Waals surface area (Å²) >= 11 is 0. The van der Waals surface area contributed by atoms with E-state index in [1.807, 2.05) is 91.1 Å². The van der Waals surface area contributed by atoms with Crippen molar-refractivity contribution in [2.75, 3.05) is 0 Å². The number of allylic oxidation sites excluding steroid dienone is 3. The molecule has 0 saturated carbocycles. The van der Waals surface area contributed by atoms with Crippen LogP contribution in [0, 0.1) is 0 Å². The summed E-state index contributed by atoms with van der Waals surface area (Å²) in [5, 5.41) is 8.58. The molecular weight excluding hydrogens is 873 g/mol. The van der Waals surface area contributed by atoms with Gasteiger partial charge in [0.05, 0.1) is 38.5 Å². The van der Waals surface area contributed by atoms with Gasteiger partial charge in [-0.05, 0) is 85.9 Å². The van der Waals surface area contributed by atoms with E-state index in [9.17, 15) is 0 Å². The van der Waals surface area contributed by atoms with Crippen LogP contribution in [-0.2, 0) is 0 Å². The van der Waals surface area contributed by atoms with Crippen molar-refractivity contribution < 1.29 is 8.83 Å². The van der Waals surface area contributed by atoms with Gasteiger partial charge in [0.15, 0.2) is 17.5 Å². The highest BCUT2D eigenvalue weighted by atomic mass is 16.3. The Kier molecular flexibility index (Phi) is 9.09. The van der Waals surface area contributed by atoms with Crippen LogP contribution in [0.15, 0.2) is 226 Å². The second-order valence-corrected chi connectivity index (χ2v) is 17.7. The number of rotatable bonds is 8. The Morgan fingerprint density at radius 3 is 1.59 bits per heavy atom. The third-order valence-corrected chi connectivity index (χ3v) is 13.9. The van der Waals surface area contributed by atoms with E-state index in [-0.39, 0.29) is 0 Å². The van der Waals surface area contributed by atoms with Crippen LogP contribution in [0.2, 0.25) is 0 Å². The van der Waals surface area contributed by atoms with Crippen molar-refractivity contribution in [2.45, 2.75) is 6.92 Å². The average molecular weight is 913 g/mol. The predicted molar refractivity (Wildman–Crippen MR) is 292 cm³/mol. The molecule has 14 rings (SSSR count). The summed E-state index contributed by atoms with van der Waals surface area (Å²) in [6, 6.07) is 69.0. The third-order valence-electron chi connectivity index (χ3n) is 13.9. The minimum Gasteiger partial charge on any atom is -0.455 e. The molecule has 0 aliphatic carbocycles. The second kappa shape index (κ2) is 16.0. The number of fused-ring (bicyclic) bond motifs is 14. The number of benzene rings is 9. The summed E-state index contributed by atoms with van der Waals surface area (Å²) in [5.41, 5.74) is 13.5. The van der Waals surface area contributed by atoms with Crippen molar-refractivity contribution in [3.05, 3.63) is 218 Å². The van der Waals surface area contributed by atoms with Gasteiger partial charge in [-0.15, -0.1) is 0 Å². The van der Waals surface area contributed by atoms with Crippen LogP contribution in [0.5, 0.6) is 0 Å². The maximum Gasteiger partial charge on any atom is 0.164 e. The van der Waals surface area contributed by atoms with E-state index in [1.165, 1.54) is 0 Å². The van der Waals surface area contributed by atoms with Gasteiger partial charge in [-0.1, -0.05) is 140 Å². The van der Waals surface area contributed by atoms with Crippen molar-refractivity contribution in [1.82, 2.24) is 24.1 Å². The minimum atomic E-state index is 0.516. The maximum absolute atomic E-state index is 6.73. The van der Waals surface area contributed by atoms with Crippen molar-refractivity contribution in [3.63, 3.8) is 0 Å². The van der Waals surface area contributed by atoms with E-state index >= 15 is 0 Å². The van der Waals surface area contributed by atoms with Crippen LogP contribution in [0.1, 0.15) is 12.5 Å². The molecule has 334 valence electrons. The molecule has 71 heavy (non-hydrogen) atoms. The molecule has 9 aromatic carbocycles. The van der Waals surface area contributed by atoms with Gasteiger partial charge < -0.3 is 18.0 Å². The Hall–Kier alpha value is -9.66. The van der Waals surface area contributed by atoms with Crippen molar-refractivity contribution in [3.8, 4) is 39.9 Å². The zero-order valence-electron chi connectivity index (χ0n) is 38.4. The Labute approximate surface area is 406 Å². The van der Waals surface area contributed by atoms with Crippen LogP contribution in [-0.4, -0.2) is 30.8 Å². The van der Waals surface area contributed by atoms with Crippen LogP contribution in [0.25, 0.3) is 139 Å². The molecule has 0 spiro atoms. The SMILES string of the molecule is C=N/C=C(\C(=C/C)n1c2ccccc2c2c3oc4ccccc4c3ccc21)c1cc(-n2c3ccccc3c3c4oc5ccccc5c4ccc32)ccc1-c1nc(-c2ccccc2)nc(-c2ccccc2)n1. The summed E-state index contributed by atoms with van der Waals surface area (Å²) in [6.07, 6.45) is 4.01. The zero-order chi connectivity index (χ0) is 47.2. The molecule has 5 aromatic heterocycles. The van der Waals surface area contributed by atoms with Gasteiger partial charge in [0, 0.05) is 66.5 Å². The number of aromatic nitrogens is 5. The fraction of sp³-hybridized carbons (Fsp3) is 0.0159. The smallest absolute Gasteiger partial charge is 0.164 e. The van der Waals surface area contributed by atoms with Crippen molar-refractivity contribution >= 4 is 105 Å². The summed E-state index contributed by atoms with van der Waals surface area (Å²) in [6.45, 7) is 6.17. The van der Waals surface area contributed by atoms with Gasteiger partial charge >= 0.3 is 0 Å². The summed E-state index contributed by atoms with van der Waals surface area (Å²) < 4.78 is 18.1. The highest BCUT2D eigenvalue weighted by molar-refractivity contribution is 6.26. The molecule has 0 bridgehead atoms. The van der Waals surface area contributed by atoms with Crippen LogP contribution in [0.3, 0.4) is 0 Å². The molecule has 0 unspecified atom stereocenters. The van der Waals surface area contributed by atoms with Gasteiger partial charge in [-0.2, -0.15) is 0 Å². The van der Waals surface area contributed by atoms with Gasteiger partial charge in [0.2, 0.25) is 0 Å². The Morgan fingerprint density at radius 1 is 0.479 bits per heavy atom. The Balaban J connectivity index is 1.07. The van der Waals surface area contributed by atoms with Crippen LogP contribution < -0.4 is 0 Å². The molecule has 0 saturated heterocycles. The number of hydrogen-bond donors (Lipinski definition) is 0. The number of hydrogen-bond acceptors (Lipinski definition) is 6. The van der Waals surface area contributed by atoms with E-state index < -0.39 is 0 Å². The first-order valence-electron chi connectivity index (χ1n) is 23.7. The van der Waals surface area contributed by atoms with E-state index in [0.29, 0.717) is 17.5 Å². The van der Waals surface area contributed by atoms with Gasteiger partial charge in [0.1, 0.15) is 22.3 Å². The lowest BCUT2D eigenvalue weighted by molar-refractivity contribution is 0.672. The molecule has 5 heterocycles. The molecule has 8 heteroatoms. The molecule has 0 aliphatic heterocycles. The molecule has 0 atom stereocenters. The van der Waals surface area contributed by atoms with E-state index in [1.54, 1.807) is 0 Å². The zero-order valence-corrected chi connectivity index (χ0v) is 38.4. The normalized spacial score (nSPS) is 12.5. The fourth-order valence-electron chi connectivity index (χ4n) is 10.8. The Bertz CT molecular complexity index is 4490. The Morgan fingerprint density at radius 2 is 0.986 bits per heavy atom. The van der Waals surface area contributed by atoms with Crippen molar-refractivity contribution in [2.24, 2.45) is 4.99 Å². The van der Waals surface area contributed by atoms with E-state index in [0.717, 1.165) is 127 Å². The van der Waals surface area contributed by atoms with Crippen LogP contribution >= 0.6 is 0 Å². The highest BCUT2D eigenvalue weighted by Crippen LogP contribution is 2.46. The van der Waals surface area contributed by atoms with E-state index in [4.69, 9.17) is 23.8 Å². The summed E-state index contributed by atoms with van der Waals surface area (Å²) in [5.74, 6) is 1.65. The number of furan rings is 2. The minimum absolute atomic E-state index is 0.516. The predicted octanol–water partition coefficient (Wildman–Crippen LogP) is 16.5. The quantitative estimate of drug-likeness (QED) is 0.112. The highest BCUT2D eigenvalue weighted by Gasteiger charge is 2.26. The topological polar surface area (TPSA) is 87.2 Å². The lowest BCUT2D eigenvalue weighted by atomic mass is 9.95. The maximum atomic E-state index is 6.73. The lowest BCUT2D eigenvalue weighted by Crippen LogP contribution is -2.06. The van der Waals surface area contributed by atoms with Gasteiger partial charge in [0.25, 0.3) is 0 Å². The molecule has 0 fully saturated rings. The average Bonchev–Trinajstić information content (AvgIpc) is 4.19. The summed E-state index contributed by atoms with van der Waals surface area (Å²) in [4.78, 5) is 20.3. The lowest BCUT2D eigenvalue weighted by Gasteiger charge is -2.20. The first-order valence-corrected chi connectivity index (χ1v) is 23.7. The molecular formula is C63H40N6O2. The number of aliphatic imine (C=N–C) groups is 1. The van der Waals surface area contributed by atoms with E-state index in [2.05, 4.69) is 149 Å². The molecule has 0 radical (unpaired) electrons. The molecule has 14 aromatic rings. The van der Waals surface area contributed by atoms with Crippen molar-refractivity contribution in [1.29, 1.82) is 0 Å². The van der Waals surface area contributed by atoms with Gasteiger partial charge in [-0.25, -0.2) is 15.0 Å². The monoisotopic (exact) mass is 912 g/mol. The molecule has 0 amide bonds. The molecule has 0 N–H and O–H groups in total. The first-order chi connectivity index (χ1) is 35.1. The second-order valence-electron chi connectivity index (χ2n) is 17.7. The first kappa shape index (κ1) is 40.4. The molecule has 0 aliphatic rings. The summed E-state index contributed by atoms with van der Waals surface area (Å²) in [7, 11) is 0. The molecule has 8 nitrogen and oxygen atoms in total. The third kappa shape index (κ3) is 6.18. The fourth-order valence-corrected chi connectivity index (χ4v) is 10.8. The number of para-hydroxylation sites is 4. The largest absolute Gasteiger partial charge is 0.455 e. The van der Waals surface area contributed by atoms with Gasteiger partial charge in [-0.3, -0.25) is 4.99 Å².